The van der Waals surface area contributed by atoms with Crippen LogP contribution in [0.4, 0.5) is 4.79 Å². The number of piperidine rings is 1. The smallest absolute Gasteiger partial charge is 0.317 e. The number of carbonyl (C=O) groups excluding carboxylic acids is 1. The number of nitrogens with one attached hydrogen (secondary N) is 1. The first-order valence-corrected chi connectivity index (χ1v) is 8.91. The molecule has 1 aliphatic heterocycles. The highest BCUT2D eigenvalue weighted by Crippen LogP contribution is 2.17. The van der Waals surface area contributed by atoms with E-state index in [2.05, 4.69) is 10.2 Å². The maximum Gasteiger partial charge on any atom is 0.317 e. The van der Waals surface area contributed by atoms with Crippen molar-refractivity contribution in [2.24, 2.45) is 5.92 Å². The first-order valence-electron chi connectivity index (χ1n) is 8.53. The van der Waals surface area contributed by atoms with Crippen LogP contribution in [0.2, 0.25) is 5.02 Å². The molecule has 1 aliphatic rings. The fourth-order valence-corrected chi connectivity index (χ4v) is 3.26. The molecule has 2 rings (SSSR count). The van der Waals surface area contributed by atoms with Gasteiger partial charge in [-0.05, 0) is 36.9 Å². The summed E-state index contributed by atoms with van der Waals surface area (Å²) < 4.78 is 5.15. The molecule has 1 N–H and O–H groups in total. The van der Waals surface area contributed by atoms with Gasteiger partial charge in [-0.15, -0.1) is 0 Å². The summed E-state index contributed by atoms with van der Waals surface area (Å²) in [6, 6.07) is 7.57. The van der Waals surface area contributed by atoms with E-state index >= 15 is 0 Å². The van der Waals surface area contributed by atoms with E-state index in [0.29, 0.717) is 17.5 Å². The Morgan fingerprint density at radius 1 is 1.46 bits per heavy atom. The first kappa shape index (κ1) is 19.0. The van der Waals surface area contributed by atoms with Crippen LogP contribution in [-0.2, 0) is 11.3 Å². The summed E-state index contributed by atoms with van der Waals surface area (Å²) in [6.07, 6.45) is 2.34. The molecular formula is C18H28ClN3O2. The molecule has 6 heteroatoms. The van der Waals surface area contributed by atoms with E-state index in [4.69, 9.17) is 16.3 Å². The highest BCUT2D eigenvalue weighted by Gasteiger charge is 2.20. The van der Waals surface area contributed by atoms with Gasteiger partial charge in [-0.3, -0.25) is 0 Å². The second-order valence-corrected chi connectivity index (χ2v) is 6.84. The molecule has 1 unspecified atom stereocenters. The highest BCUT2D eigenvalue weighted by molar-refractivity contribution is 6.31. The average molecular weight is 354 g/mol. The van der Waals surface area contributed by atoms with Gasteiger partial charge in [-0.1, -0.05) is 29.8 Å². The zero-order valence-electron chi connectivity index (χ0n) is 14.6. The van der Waals surface area contributed by atoms with Gasteiger partial charge < -0.3 is 19.9 Å². The van der Waals surface area contributed by atoms with Crippen LogP contribution in [-0.4, -0.2) is 62.8 Å². The lowest BCUT2D eigenvalue weighted by molar-refractivity contribution is 0.114. The van der Waals surface area contributed by atoms with E-state index in [-0.39, 0.29) is 6.03 Å². The van der Waals surface area contributed by atoms with Crippen molar-refractivity contribution in [1.29, 1.82) is 0 Å². The number of ether oxygens (including phenoxy) is 1. The van der Waals surface area contributed by atoms with Gasteiger partial charge >= 0.3 is 6.03 Å². The standard InChI is InChI=1S/C18H28ClN3O2/c1-21(14-16-7-3-4-8-17(16)19)18(23)20-12-15-6-5-9-22(13-15)10-11-24-2/h3-4,7-8,15H,5-6,9-14H2,1-2H3,(H,20,23). The predicted molar refractivity (Wildman–Crippen MR) is 97.4 cm³/mol. The van der Waals surface area contributed by atoms with Crippen molar-refractivity contribution in [2.75, 3.05) is 46.9 Å². The van der Waals surface area contributed by atoms with E-state index in [1.54, 1.807) is 19.1 Å². The van der Waals surface area contributed by atoms with Crippen molar-refractivity contribution in [3.05, 3.63) is 34.9 Å². The van der Waals surface area contributed by atoms with Gasteiger partial charge in [0.1, 0.15) is 0 Å². The molecule has 1 aromatic carbocycles. The van der Waals surface area contributed by atoms with Crippen molar-refractivity contribution < 1.29 is 9.53 Å². The second-order valence-electron chi connectivity index (χ2n) is 6.44. The molecule has 2 amide bonds. The maximum atomic E-state index is 12.3. The number of halogens is 1. The molecule has 0 bridgehead atoms. The Hall–Kier alpha value is -1.30. The Morgan fingerprint density at radius 2 is 2.25 bits per heavy atom. The van der Waals surface area contributed by atoms with Crippen molar-refractivity contribution in [1.82, 2.24) is 15.1 Å². The fraction of sp³-hybridized carbons (Fsp3) is 0.611. The molecule has 1 heterocycles. The molecule has 5 nitrogen and oxygen atoms in total. The summed E-state index contributed by atoms with van der Waals surface area (Å²) in [4.78, 5) is 16.4. The third-order valence-corrected chi connectivity index (χ3v) is 4.84. The number of urea groups is 1. The van der Waals surface area contributed by atoms with Gasteiger partial charge in [0.05, 0.1) is 6.61 Å². The Morgan fingerprint density at radius 3 is 3.00 bits per heavy atom. The minimum absolute atomic E-state index is 0.0519. The number of likely N-dealkylation sites (tertiary alicyclic amines) is 1. The molecule has 1 atom stereocenters. The number of hydrogen-bond donors (Lipinski definition) is 1. The maximum absolute atomic E-state index is 12.3. The normalized spacial score (nSPS) is 18.4. The number of hydrogen-bond acceptors (Lipinski definition) is 3. The highest BCUT2D eigenvalue weighted by atomic mass is 35.5. The molecule has 0 saturated carbocycles. The van der Waals surface area contributed by atoms with Crippen LogP contribution in [0.3, 0.4) is 0 Å². The van der Waals surface area contributed by atoms with E-state index < -0.39 is 0 Å². The molecule has 0 aliphatic carbocycles. The largest absolute Gasteiger partial charge is 0.383 e. The van der Waals surface area contributed by atoms with Crippen LogP contribution in [0, 0.1) is 5.92 Å². The third kappa shape index (κ3) is 5.96. The zero-order chi connectivity index (χ0) is 17.4. The van der Waals surface area contributed by atoms with Crippen LogP contribution in [0.5, 0.6) is 0 Å². The van der Waals surface area contributed by atoms with E-state index in [0.717, 1.165) is 44.8 Å². The number of benzene rings is 1. The fourth-order valence-electron chi connectivity index (χ4n) is 3.06. The summed E-state index contributed by atoms with van der Waals surface area (Å²) >= 11 is 6.16. The van der Waals surface area contributed by atoms with Crippen molar-refractivity contribution >= 4 is 17.6 Å². The van der Waals surface area contributed by atoms with Crippen LogP contribution < -0.4 is 5.32 Å². The van der Waals surface area contributed by atoms with Gasteiger partial charge in [-0.2, -0.15) is 0 Å². The summed E-state index contributed by atoms with van der Waals surface area (Å²) in [6.45, 7) is 5.11. The molecule has 1 aromatic rings. The minimum Gasteiger partial charge on any atom is -0.383 e. The van der Waals surface area contributed by atoms with Crippen molar-refractivity contribution in [2.45, 2.75) is 19.4 Å². The summed E-state index contributed by atoms with van der Waals surface area (Å²) in [5, 5.41) is 3.75. The Balaban J connectivity index is 1.74. The second kappa shape index (κ2) is 9.87. The van der Waals surface area contributed by atoms with E-state index in [1.165, 1.54) is 6.42 Å². The molecule has 24 heavy (non-hydrogen) atoms. The lowest BCUT2D eigenvalue weighted by Gasteiger charge is -2.33. The van der Waals surface area contributed by atoms with Crippen molar-refractivity contribution in [3.8, 4) is 0 Å². The Bertz CT molecular complexity index is 527. The third-order valence-electron chi connectivity index (χ3n) is 4.47. The molecule has 1 saturated heterocycles. The van der Waals surface area contributed by atoms with Gasteiger partial charge in [0.15, 0.2) is 0 Å². The number of rotatable bonds is 7. The molecule has 1 fully saturated rings. The predicted octanol–water partition coefficient (Wildman–Crippen LogP) is 2.84. The molecule has 134 valence electrons. The number of amides is 2. The SMILES string of the molecule is COCCN1CCCC(CNC(=O)N(C)Cc2ccccc2Cl)C1. The first-order chi connectivity index (χ1) is 11.6. The average Bonchev–Trinajstić information content (AvgIpc) is 2.60. The van der Waals surface area contributed by atoms with Crippen LogP contribution in [0.1, 0.15) is 18.4 Å². The van der Waals surface area contributed by atoms with Gasteiger partial charge in [0.25, 0.3) is 0 Å². The number of nitrogens with zero attached hydrogens (tertiary/aromatic N) is 2. The Kier molecular flexibility index (Phi) is 7.82. The lowest BCUT2D eigenvalue weighted by Crippen LogP contribution is -2.44. The molecule has 0 radical (unpaired) electrons. The van der Waals surface area contributed by atoms with Gasteiger partial charge in [-0.25, -0.2) is 4.79 Å². The van der Waals surface area contributed by atoms with E-state index in [1.807, 2.05) is 24.3 Å². The lowest BCUT2D eigenvalue weighted by atomic mass is 9.98. The van der Waals surface area contributed by atoms with Gasteiger partial charge in [0.2, 0.25) is 0 Å². The summed E-state index contributed by atoms with van der Waals surface area (Å²) in [5.74, 6) is 0.508. The Labute approximate surface area is 149 Å². The summed E-state index contributed by atoms with van der Waals surface area (Å²) in [7, 11) is 3.53. The van der Waals surface area contributed by atoms with Gasteiger partial charge in [0, 0.05) is 45.4 Å². The van der Waals surface area contributed by atoms with Crippen LogP contribution in [0.25, 0.3) is 0 Å². The quantitative estimate of drug-likeness (QED) is 0.819. The number of methoxy groups -OCH3 is 1. The number of carbonyl (C=O) groups is 1. The topological polar surface area (TPSA) is 44.8 Å². The van der Waals surface area contributed by atoms with Crippen LogP contribution >= 0.6 is 11.6 Å². The van der Waals surface area contributed by atoms with Crippen molar-refractivity contribution in [3.63, 3.8) is 0 Å². The monoisotopic (exact) mass is 353 g/mol. The zero-order valence-corrected chi connectivity index (χ0v) is 15.4. The minimum atomic E-state index is -0.0519. The molecule has 0 spiro atoms. The van der Waals surface area contributed by atoms with E-state index in [9.17, 15) is 4.79 Å². The molecular weight excluding hydrogens is 326 g/mol. The van der Waals surface area contributed by atoms with Crippen LogP contribution in [0.15, 0.2) is 24.3 Å². The summed E-state index contributed by atoms with van der Waals surface area (Å²) in [5.41, 5.74) is 0.959. The molecule has 0 aromatic heterocycles.